The number of carboxylic acid groups (broad SMARTS) is 1. The summed E-state index contributed by atoms with van der Waals surface area (Å²) in [6.07, 6.45) is 0.889. The third-order valence-corrected chi connectivity index (χ3v) is 3.82. The third kappa shape index (κ3) is 5.72. The van der Waals surface area contributed by atoms with Crippen molar-refractivity contribution < 1.29 is 14.7 Å². The van der Waals surface area contributed by atoms with Gasteiger partial charge in [0.2, 0.25) is 5.91 Å². The van der Waals surface area contributed by atoms with Crippen LogP contribution in [-0.2, 0) is 11.3 Å². The molecule has 0 atom stereocenters. The molecule has 0 fully saturated rings. The zero-order valence-electron chi connectivity index (χ0n) is 14.8. The molecule has 1 aromatic carbocycles. The topological polar surface area (TPSA) is 87.5 Å². The van der Waals surface area contributed by atoms with Crippen LogP contribution in [0.4, 0.5) is 5.69 Å². The number of likely N-dealkylation sites (N-methyl/N-ethyl adjacent to an activating group) is 1. The van der Waals surface area contributed by atoms with Crippen LogP contribution in [0.15, 0.2) is 30.3 Å². The summed E-state index contributed by atoms with van der Waals surface area (Å²) in [6, 6.07) is 8.26. The van der Waals surface area contributed by atoms with Gasteiger partial charge in [0.05, 0.1) is 17.8 Å². The van der Waals surface area contributed by atoms with E-state index in [4.69, 9.17) is 5.11 Å². The van der Waals surface area contributed by atoms with Crippen LogP contribution in [-0.4, -0.2) is 51.8 Å². The Morgan fingerprint density at radius 3 is 2.68 bits per heavy atom. The lowest BCUT2D eigenvalue weighted by molar-refractivity contribution is -0.117. The molecule has 0 bridgehead atoms. The molecule has 0 unspecified atom stereocenters. The summed E-state index contributed by atoms with van der Waals surface area (Å²) in [5, 5.41) is 16.1. The quantitative estimate of drug-likeness (QED) is 0.766. The van der Waals surface area contributed by atoms with Gasteiger partial charge < -0.3 is 10.4 Å². The second-order valence-electron chi connectivity index (χ2n) is 6.18. The number of carbonyl (C=O) groups is 2. The molecule has 7 heteroatoms. The number of aromatic nitrogens is 2. The van der Waals surface area contributed by atoms with E-state index in [1.165, 1.54) is 12.1 Å². The van der Waals surface area contributed by atoms with Crippen LogP contribution in [0.2, 0.25) is 0 Å². The number of aryl methyl sites for hydroxylation is 3. The van der Waals surface area contributed by atoms with E-state index in [-0.39, 0.29) is 18.0 Å². The first-order chi connectivity index (χ1) is 11.8. The maximum atomic E-state index is 12.1. The van der Waals surface area contributed by atoms with Crippen molar-refractivity contribution in [3.05, 3.63) is 47.3 Å². The number of hydrogen-bond acceptors (Lipinski definition) is 4. The van der Waals surface area contributed by atoms with E-state index < -0.39 is 5.97 Å². The molecule has 1 aromatic heterocycles. The zero-order valence-corrected chi connectivity index (χ0v) is 14.8. The first-order valence-corrected chi connectivity index (χ1v) is 8.18. The first kappa shape index (κ1) is 18.7. The molecule has 0 saturated carbocycles. The lowest BCUT2D eigenvalue weighted by atomic mass is 10.2. The summed E-state index contributed by atoms with van der Waals surface area (Å²) >= 11 is 0. The second-order valence-corrected chi connectivity index (χ2v) is 6.18. The molecular formula is C18H24N4O3. The highest BCUT2D eigenvalue weighted by Crippen LogP contribution is 2.10. The van der Waals surface area contributed by atoms with Crippen LogP contribution in [0.3, 0.4) is 0 Å². The number of carboxylic acids is 1. The Morgan fingerprint density at radius 1 is 1.28 bits per heavy atom. The van der Waals surface area contributed by atoms with E-state index in [0.29, 0.717) is 5.69 Å². The van der Waals surface area contributed by atoms with Gasteiger partial charge in [0.15, 0.2) is 0 Å². The van der Waals surface area contributed by atoms with Crippen molar-refractivity contribution >= 4 is 17.6 Å². The summed E-state index contributed by atoms with van der Waals surface area (Å²) in [5.41, 5.74) is 2.78. The number of rotatable bonds is 8. The van der Waals surface area contributed by atoms with Crippen molar-refractivity contribution in [3.63, 3.8) is 0 Å². The number of nitrogens with one attached hydrogen (secondary N) is 1. The molecule has 0 aliphatic rings. The van der Waals surface area contributed by atoms with Crippen LogP contribution in [0.5, 0.6) is 0 Å². The van der Waals surface area contributed by atoms with Crippen LogP contribution >= 0.6 is 0 Å². The molecule has 1 amide bonds. The largest absolute Gasteiger partial charge is 0.478 e. The average molecular weight is 344 g/mol. The highest BCUT2D eigenvalue weighted by atomic mass is 16.4. The van der Waals surface area contributed by atoms with Gasteiger partial charge in [-0.2, -0.15) is 5.10 Å². The monoisotopic (exact) mass is 344 g/mol. The fourth-order valence-corrected chi connectivity index (χ4v) is 2.65. The number of aromatic carboxylic acids is 1. The molecule has 0 spiro atoms. The van der Waals surface area contributed by atoms with Gasteiger partial charge in [-0.25, -0.2) is 4.79 Å². The van der Waals surface area contributed by atoms with E-state index in [0.717, 1.165) is 30.9 Å². The molecule has 2 aromatic rings. The lowest BCUT2D eigenvalue weighted by Crippen LogP contribution is -2.31. The molecule has 0 radical (unpaired) electrons. The van der Waals surface area contributed by atoms with E-state index in [1.807, 2.05) is 36.5 Å². The molecule has 25 heavy (non-hydrogen) atoms. The molecule has 0 saturated heterocycles. The van der Waals surface area contributed by atoms with Crippen LogP contribution in [0.25, 0.3) is 0 Å². The Bertz CT molecular complexity index is 755. The first-order valence-electron chi connectivity index (χ1n) is 8.18. The SMILES string of the molecule is Cc1cc(C)n(CCCN(C)CC(=O)Nc2cccc(C(=O)O)c2)n1. The van der Waals surface area contributed by atoms with Crippen molar-refractivity contribution in [3.8, 4) is 0 Å². The van der Waals surface area contributed by atoms with Gasteiger partial charge in [-0.05, 0) is 51.6 Å². The Kier molecular flexibility index (Phi) is 6.30. The number of nitrogens with zero attached hydrogens (tertiary/aromatic N) is 3. The molecule has 0 aliphatic heterocycles. The highest BCUT2D eigenvalue weighted by Gasteiger charge is 2.09. The van der Waals surface area contributed by atoms with E-state index in [9.17, 15) is 9.59 Å². The maximum Gasteiger partial charge on any atom is 0.335 e. The van der Waals surface area contributed by atoms with Gasteiger partial charge in [-0.1, -0.05) is 6.07 Å². The summed E-state index contributed by atoms with van der Waals surface area (Å²) in [7, 11) is 1.88. The van der Waals surface area contributed by atoms with E-state index >= 15 is 0 Å². The highest BCUT2D eigenvalue weighted by molar-refractivity contribution is 5.94. The Balaban J connectivity index is 1.77. The van der Waals surface area contributed by atoms with Gasteiger partial charge in [0, 0.05) is 24.5 Å². The molecule has 7 nitrogen and oxygen atoms in total. The molecular weight excluding hydrogens is 320 g/mol. The second kappa shape index (κ2) is 8.43. The normalized spacial score (nSPS) is 10.9. The smallest absolute Gasteiger partial charge is 0.335 e. The van der Waals surface area contributed by atoms with Crippen molar-refractivity contribution in [2.45, 2.75) is 26.8 Å². The van der Waals surface area contributed by atoms with Gasteiger partial charge in [0.1, 0.15) is 0 Å². The molecule has 1 heterocycles. The van der Waals surface area contributed by atoms with Crippen LogP contribution in [0, 0.1) is 13.8 Å². The standard InChI is InChI=1S/C18H24N4O3/c1-13-10-14(2)22(20-13)9-5-8-21(3)12-17(23)19-16-7-4-6-15(11-16)18(24)25/h4,6-7,10-11H,5,8-9,12H2,1-3H3,(H,19,23)(H,24,25). The van der Waals surface area contributed by atoms with Gasteiger partial charge in [-0.15, -0.1) is 0 Å². The van der Waals surface area contributed by atoms with Gasteiger partial charge in [0.25, 0.3) is 0 Å². The van der Waals surface area contributed by atoms with Crippen LogP contribution < -0.4 is 5.32 Å². The summed E-state index contributed by atoms with van der Waals surface area (Å²) in [4.78, 5) is 25.0. The minimum atomic E-state index is -1.02. The lowest BCUT2D eigenvalue weighted by Gasteiger charge is -2.16. The number of anilines is 1. The van der Waals surface area contributed by atoms with Crippen molar-refractivity contribution in [2.75, 3.05) is 25.5 Å². The molecule has 2 N–H and O–H groups in total. The number of amides is 1. The Labute approximate surface area is 147 Å². The predicted octanol–water partition coefficient (Wildman–Crippen LogP) is 2.16. The minimum absolute atomic E-state index is 0.149. The van der Waals surface area contributed by atoms with Gasteiger partial charge >= 0.3 is 5.97 Å². The Morgan fingerprint density at radius 2 is 2.04 bits per heavy atom. The number of carbonyl (C=O) groups excluding carboxylic acids is 1. The third-order valence-electron chi connectivity index (χ3n) is 3.82. The molecule has 134 valence electrons. The fourth-order valence-electron chi connectivity index (χ4n) is 2.65. The van der Waals surface area contributed by atoms with Crippen molar-refractivity contribution in [2.24, 2.45) is 0 Å². The van der Waals surface area contributed by atoms with E-state index in [1.54, 1.807) is 12.1 Å². The summed E-state index contributed by atoms with van der Waals surface area (Å²) in [6.45, 7) is 5.82. The molecule has 0 aliphatic carbocycles. The zero-order chi connectivity index (χ0) is 18.4. The molecule has 2 rings (SSSR count). The Hall–Kier alpha value is -2.67. The van der Waals surface area contributed by atoms with E-state index in [2.05, 4.69) is 10.4 Å². The van der Waals surface area contributed by atoms with Crippen molar-refractivity contribution in [1.82, 2.24) is 14.7 Å². The minimum Gasteiger partial charge on any atom is -0.478 e. The number of hydrogen-bond donors (Lipinski definition) is 2. The maximum absolute atomic E-state index is 12.1. The average Bonchev–Trinajstić information content (AvgIpc) is 2.85. The summed E-state index contributed by atoms with van der Waals surface area (Å²) < 4.78 is 1.97. The fraction of sp³-hybridized carbons (Fsp3) is 0.389. The number of benzene rings is 1. The summed E-state index contributed by atoms with van der Waals surface area (Å²) in [5.74, 6) is -1.19. The van der Waals surface area contributed by atoms with Gasteiger partial charge in [-0.3, -0.25) is 14.4 Å². The predicted molar refractivity (Wildman–Crippen MR) is 95.8 cm³/mol. The van der Waals surface area contributed by atoms with Crippen molar-refractivity contribution in [1.29, 1.82) is 0 Å². The van der Waals surface area contributed by atoms with Crippen LogP contribution in [0.1, 0.15) is 28.2 Å².